The maximum Gasteiger partial charge on any atom is 0.418 e. The van der Waals surface area contributed by atoms with Gasteiger partial charge in [-0.15, -0.1) is 0 Å². The summed E-state index contributed by atoms with van der Waals surface area (Å²) < 4.78 is 223. The zero-order valence-corrected chi connectivity index (χ0v) is 78.5. The van der Waals surface area contributed by atoms with Crippen molar-refractivity contribution in [2.45, 2.75) is 338 Å². The van der Waals surface area contributed by atoms with E-state index in [1.165, 1.54) is 34.7 Å². The standard InChI is InChI=1S/C18H29NO2S.2C16H22F3NO.C16H20F3N.C15H20F3NO.C14H18F3NO/c1-11(2)14-9-15(12(3)4)17-16(10-14)18(7,8)19(13(5)6)22(17,20)21;1-10(2)11-7-12(9-13(8-11)16(17,18)19)14(21)20(6)15(3,4)5;1-6-15(4,5)20-14(21)12-7-11(10(2)3)8-13(9-12)16(17,18)19;1-9(2)11-7-12-14(13(8-11)16(17,18)19)20(6)10(3)15(12,4)5;1-9(2)10-6-11(13(20)19-14(3,4)5)8-12(7-10)15(16,17)18;1-8(2)10-5-11(13(19)18-9(3)4)7-12(6-10)14(15,16)17/h9-13H,1-8H3;7-10H,1-6H3;7-10H,6H2,1-5H3,(H,20,21);7-9H,3H2,1-2,4-6H3;6-9H,1-5H3,(H,19,20);5-9H,1-4H3,(H,18,19). The summed E-state index contributed by atoms with van der Waals surface area (Å²) in [6, 6.07) is 21.3. The molecule has 123 heavy (non-hydrogen) atoms. The van der Waals surface area contributed by atoms with Crippen molar-refractivity contribution >= 4 is 39.3 Å². The fourth-order valence-corrected chi connectivity index (χ4v) is 15.8. The Hall–Kier alpha value is -8.40. The van der Waals surface area contributed by atoms with Crippen LogP contribution in [0.25, 0.3) is 0 Å². The van der Waals surface area contributed by atoms with E-state index in [-0.39, 0.29) is 75.5 Å². The van der Waals surface area contributed by atoms with Crippen molar-refractivity contribution in [3.8, 4) is 0 Å². The summed E-state index contributed by atoms with van der Waals surface area (Å²) >= 11 is 0. The zero-order chi connectivity index (χ0) is 96.0. The first kappa shape index (κ1) is 109. The number of likely N-dealkylation sites (N-methyl/N-ethyl adjacent to an activating group) is 1. The first-order valence-electron chi connectivity index (χ1n) is 41.2. The number of fused-ring (bicyclic) bond motifs is 2. The van der Waals surface area contributed by atoms with Crippen LogP contribution < -0.4 is 20.9 Å². The quantitative estimate of drug-likeness (QED) is 0.0867. The Morgan fingerprint density at radius 1 is 0.431 bits per heavy atom. The van der Waals surface area contributed by atoms with Crippen molar-refractivity contribution in [2.24, 2.45) is 0 Å². The predicted molar refractivity (Wildman–Crippen MR) is 464 cm³/mol. The molecule has 4 amide bonds. The van der Waals surface area contributed by atoms with Crippen molar-refractivity contribution in [1.29, 1.82) is 0 Å². The summed E-state index contributed by atoms with van der Waals surface area (Å²) in [5.74, 6) is -1.57. The van der Waals surface area contributed by atoms with Gasteiger partial charge in [0.1, 0.15) is 0 Å². The molecular formula is C95H131F15N6O6S. The van der Waals surface area contributed by atoms with Gasteiger partial charge in [-0.2, -0.15) is 70.2 Å². The second kappa shape index (κ2) is 40.5. The highest BCUT2D eigenvalue weighted by atomic mass is 32.2. The SMILES string of the molecule is C=C1N(C)c2c(C(F)(F)F)cc(C(C)C)cc2C1(C)C.CC(C)NC(=O)c1cc(C(C)C)cc(C(F)(F)F)c1.CC(C)c1cc(C(=O)N(C)C(C)(C)C)cc(C(F)(F)F)c1.CC(C)c1cc(C(=O)NC(C)(C)C)cc(C(F)(F)F)c1.CC(C)c1cc(C(C)C)c2c(c1)C(C)(C)N(C(C)C)S2(=O)=O.CCC(C)(C)NC(=O)c1cc(C(C)C)cc(C(F)(F)F)c1. The Morgan fingerprint density at radius 2 is 0.748 bits per heavy atom. The summed E-state index contributed by atoms with van der Waals surface area (Å²) in [7, 11) is -0.190. The molecule has 0 aromatic heterocycles. The fraction of sp³-hybridized carbons (Fsp3) is 0.558. The van der Waals surface area contributed by atoms with Crippen LogP contribution in [0.1, 0.15) is 382 Å². The van der Waals surface area contributed by atoms with E-state index < -0.39 is 120 Å². The molecule has 0 fully saturated rings. The van der Waals surface area contributed by atoms with Crippen LogP contribution >= 0.6 is 0 Å². The number of allylic oxidation sites excluding steroid dienone is 1. The van der Waals surface area contributed by atoms with E-state index in [1.54, 1.807) is 119 Å². The van der Waals surface area contributed by atoms with Gasteiger partial charge in [0.25, 0.3) is 23.6 Å². The van der Waals surface area contributed by atoms with Gasteiger partial charge in [0.2, 0.25) is 10.0 Å². The van der Waals surface area contributed by atoms with Crippen LogP contribution in [0.2, 0.25) is 0 Å². The van der Waals surface area contributed by atoms with Gasteiger partial charge in [-0.05, 0) is 274 Å². The Bertz CT molecular complexity index is 4810. The lowest BCUT2D eigenvalue weighted by Crippen LogP contribution is -2.43. The Labute approximate surface area is 720 Å². The maximum absolute atomic E-state index is 13.4. The summed E-state index contributed by atoms with van der Waals surface area (Å²) in [6.45, 7) is 62.3. The van der Waals surface area contributed by atoms with Crippen LogP contribution in [0, 0.1) is 0 Å². The van der Waals surface area contributed by atoms with E-state index in [0.717, 1.165) is 59.7 Å². The third-order valence-electron chi connectivity index (χ3n) is 21.2. The van der Waals surface area contributed by atoms with E-state index in [4.69, 9.17) is 0 Å². The van der Waals surface area contributed by atoms with Gasteiger partial charge in [-0.3, -0.25) is 19.2 Å². The lowest BCUT2D eigenvalue weighted by atomic mass is 9.82. The van der Waals surface area contributed by atoms with Crippen molar-refractivity contribution in [1.82, 2.24) is 25.2 Å². The average Bonchev–Trinajstić information content (AvgIpc) is 1.56. The molecule has 0 unspecified atom stereocenters. The van der Waals surface area contributed by atoms with E-state index in [9.17, 15) is 93.5 Å². The molecule has 2 aliphatic heterocycles. The van der Waals surface area contributed by atoms with Gasteiger partial charge in [-0.1, -0.05) is 142 Å². The second-order valence-electron chi connectivity index (χ2n) is 38.0. The smallest absolute Gasteiger partial charge is 0.350 e. The molecule has 12 nitrogen and oxygen atoms in total. The first-order chi connectivity index (χ1) is 55.2. The first-order valence-corrected chi connectivity index (χ1v) is 42.7. The number of alkyl halides is 15. The monoisotopic (exact) mass is 1770 g/mol. The fourth-order valence-electron chi connectivity index (χ4n) is 13.2. The molecule has 6 aromatic rings. The van der Waals surface area contributed by atoms with Crippen molar-refractivity contribution in [2.75, 3.05) is 19.0 Å². The number of halogens is 15. The predicted octanol–water partition coefficient (Wildman–Crippen LogP) is 27.4. The van der Waals surface area contributed by atoms with Crippen molar-refractivity contribution in [3.05, 3.63) is 209 Å². The molecule has 688 valence electrons. The van der Waals surface area contributed by atoms with Gasteiger partial charge < -0.3 is 25.8 Å². The average molecular weight is 1770 g/mol. The maximum atomic E-state index is 13.4. The molecule has 3 N–H and O–H groups in total. The summed E-state index contributed by atoms with van der Waals surface area (Å²) in [5, 5.41) is 8.03. The number of amides is 4. The molecule has 0 atom stereocenters. The number of rotatable bonds is 15. The van der Waals surface area contributed by atoms with Crippen LogP contribution in [0.5, 0.6) is 0 Å². The van der Waals surface area contributed by atoms with E-state index in [2.05, 4.69) is 62.4 Å². The Kier molecular flexibility index (Phi) is 35.8. The number of hydrogen-bond donors (Lipinski definition) is 3. The topological polar surface area (TPSA) is 148 Å². The van der Waals surface area contributed by atoms with E-state index in [1.807, 2.05) is 103 Å². The lowest BCUT2D eigenvalue weighted by Gasteiger charge is -2.33. The Balaban J connectivity index is 0.000000381. The number of nitrogens with zero attached hydrogens (tertiary/aromatic N) is 3. The summed E-state index contributed by atoms with van der Waals surface area (Å²) in [4.78, 5) is 52.0. The molecule has 8 rings (SSSR count). The minimum Gasteiger partial charge on any atom is -0.350 e. The molecule has 0 radical (unpaired) electrons. The molecule has 0 saturated carbocycles. The van der Waals surface area contributed by atoms with Gasteiger partial charge in [0.05, 0.1) is 43.9 Å². The molecule has 0 aliphatic carbocycles. The highest BCUT2D eigenvalue weighted by Gasteiger charge is 2.52. The third-order valence-corrected chi connectivity index (χ3v) is 23.6. The molecule has 2 aliphatic rings. The summed E-state index contributed by atoms with van der Waals surface area (Å²) in [6.07, 6.45) is -21.5. The molecule has 6 aromatic carbocycles. The van der Waals surface area contributed by atoms with E-state index >= 15 is 0 Å². The molecule has 0 saturated heterocycles. The Morgan fingerprint density at radius 3 is 1.05 bits per heavy atom. The number of carbonyl (C=O) groups is 4. The minimum atomic E-state index is -4.46. The van der Waals surface area contributed by atoms with Gasteiger partial charge in [0, 0.05) is 76.2 Å². The number of hydrogen-bond acceptors (Lipinski definition) is 7. The number of benzene rings is 6. The molecule has 28 heteroatoms. The number of anilines is 1. The third kappa shape index (κ3) is 29.1. The lowest BCUT2D eigenvalue weighted by molar-refractivity contribution is -0.138. The number of sulfonamides is 1. The van der Waals surface area contributed by atoms with Gasteiger partial charge in [0.15, 0.2) is 0 Å². The molecule has 0 bridgehead atoms. The molecule has 0 spiro atoms. The highest BCUT2D eigenvalue weighted by molar-refractivity contribution is 7.89. The molecular weight excluding hydrogens is 1640 g/mol. The number of carbonyl (C=O) groups excluding carboxylic acids is 4. The van der Waals surface area contributed by atoms with Crippen LogP contribution in [0.3, 0.4) is 0 Å². The second-order valence-corrected chi connectivity index (χ2v) is 39.8. The van der Waals surface area contributed by atoms with Gasteiger partial charge in [-0.25, -0.2) is 8.42 Å². The normalized spacial score (nSPS) is 14.7. The van der Waals surface area contributed by atoms with Crippen LogP contribution in [-0.2, 0) is 51.9 Å². The van der Waals surface area contributed by atoms with Crippen molar-refractivity contribution in [3.63, 3.8) is 0 Å². The largest absolute Gasteiger partial charge is 0.418 e. The molecule has 2 heterocycles. The van der Waals surface area contributed by atoms with Crippen LogP contribution in [-0.4, -0.2) is 84.0 Å². The van der Waals surface area contributed by atoms with Crippen LogP contribution in [0.4, 0.5) is 71.5 Å². The van der Waals surface area contributed by atoms with Gasteiger partial charge >= 0.3 is 30.9 Å². The van der Waals surface area contributed by atoms with E-state index in [0.29, 0.717) is 56.3 Å². The number of nitrogens with one attached hydrogen (secondary N) is 3. The van der Waals surface area contributed by atoms with Crippen LogP contribution in [0.15, 0.2) is 114 Å². The summed E-state index contributed by atoms with van der Waals surface area (Å²) in [5.41, 5.74) is 1.64. The zero-order valence-electron chi connectivity index (χ0n) is 77.7. The van der Waals surface area contributed by atoms with Crippen molar-refractivity contribution < 1.29 is 93.5 Å². The highest BCUT2D eigenvalue weighted by Crippen LogP contribution is 2.53. The minimum absolute atomic E-state index is 0.0402.